The van der Waals surface area contributed by atoms with E-state index in [0.717, 1.165) is 19.5 Å². The standard InChI is InChI=1S/C15H21NO/c17-14-7-6-11-4-2-1-3-5-13(11)15(14)12-8-9-16-10-12/h6-7,12,16-17H,1-5,8-10H2. The van der Waals surface area contributed by atoms with Crippen LogP contribution in [-0.2, 0) is 12.8 Å². The van der Waals surface area contributed by atoms with Gasteiger partial charge in [0.15, 0.2) is 0 Å². The SMILES string of the molecule is Oc1ccc2c(c1C1CCNC1)CCCCC2. The van der Waals surface area contributed by atoms with Crippen molar-refractivity contribution < 1.29 is 5.11 Å². The van der Waals surface area contributed by atoms with Crippen LogP contribution in [0.25, 0.3) is 0 Å². The Morgan fingerprint density at radius 3 is 2.82 bits per heavy atom. The van der Waals surface area contributed by atoms with Crippen molar-refractivity contribution in [3.63, 3.8) is 0 Å². The van der Waals surface area contributed by atoms with Gasteiger partial charge in [-0.2, -0.15) is 0 Å². The van der Waals surface area contributed by atoms with Gasteiger partial charge in [0.05, 0.1) is 0 Å². The lowest BCUT2D eigenvalue weighted by molar-refractivity contribution is 0.460. The molecule has 1 aliphatic carbocycles. The Hall–Kier alpha value is -1.02. The van der Waals surface area contributed by atoms with E-state index < -0.39 is 0 Å². The summed E-state index contributed by atoms with van der Waals surface area (Å²) in [5, 5.41) is 13.6. The van der Waals surface area contributed by atoms with Crippen molar-refractivity contribution in [3.05, 3.63) is 28.8 Å². The zero-order valence-corrected chi connectivity index (χ0v) is 10.3. The largest absolute Gasteiger partial charge is 0.508 e. The van der Waals surface area contributed by atoms with Gasteiger partial charge in [0.2, 0.25) is 0 Å². The molecule has 17 heavy (non-hydrogen) atoms. The lowest BCUT2D eigenvalue weighted by Crippen LogP contribution is -2.10. The van der Waals surface area contributed by atoms with E-state index in [1.165, 1.54) is 48.8 Å². The third-order valence-electron chi connectivity index (χ3n) is 4.27. The van der Waals surface area contributed by atoms with E-state index in [1.54, 1.807) is 0 Å². The van der Waals surface area contributed by atoms with E-state index in [0.29, 0.717) is 11.7 Å². The number of hydrogen-bond donors (Lipinski definition) is 2. The molecule has 0 saturated carbocycles. The molecule has 0 bridgehead atoms. The first kappa shape index (κ1) is 11.1. The van der Waals surface area contributed by atoms with Crippen LogP contribution in [0, 0.1) is 0 Å². The second-order valence-corrected chi connectivity index (χ2v) is 5.39. The fourth-order valence-corrected chi connectivity index (χ4v) is 3.38. The number of phenols is 1. The molecule has 0 aromatic heterocycles. The minimum Gasteiger partial charge on any atom is -0.508 e. The van der Waals surface area contributed by atoms with E-state index in [-0.39, 0.29) is 0 Å². The number of aryl methyl sites for hydroxylation is 1. The van der Waals surface area contributed by atoms with Gasteiger partial charge in [-0.1, -0.05) is 12.5 Å². The first-order valence-electron chi connectivity index (χ1n) is 6.90. The van der Waals surface area contributed by atoms with Crippen LogP contribution < -0.4 is 5.32 Å². The summed E-state index contributed by atoms with van der Waals surface area (Å²) in [4.78, 5) is 0. The molecule has 1 aromatic carbocycles. The van der Waals surface area contributed by atoms with Crippen molar-refractivity contribution in [2.24, 2.45) is 0 Å². The molecule has 0 spiro atoms. The van der Waals surface area contributed by atoms with Gasteiger partial charge in [-0.05, 0) is 55.8 Å². The predicted octanol–water partition coefficient (Wildman–Crippen LogP) is 2.74. The minimum absolute atomic E-state index is 0.527. The molecular formula is C15H21NO. The van der Waals surface area contributed by atoms with Crippen LogP contribution in [-0.4, -0.2) is 18.2 Å². The van der Waals surface area contributed by atoms with Crippen LogP contribution in [0.2, 0.25) is 0 Å². The maximum absolute atomic E-state index is 10.2. The summed E-state index contributed by atoms with van der Waals surface area (Å²) in [6.07, 6.45) is 7.45. The van der Waals surface area contributed by atoms with Gasteiger partial charge < -0.3 is 10.4 Å². The highest BCUT2D eigenvalue weighted by atomic mass is 16.3. The van der Waals surface area contributed by atoms with Gasteiger partial charge in [0, 0.05) is 18.0 Å². The maximum Gasteiger partial charge on any atom is 0.119 e. The van der Waals surface area contributed by atoms with Gasteiger partial charge in [-0.25, -0.2) is 0 Å². The highest BCUT2D eigenvalue weighted by Crippen LogP contribution is 2.37. The van der Waals surface area contributed by atoms with Gasteiger partial charge in [0.25, 0.3) is 0 Å². The number of aromatic hydroxyl groups is 1. The molecule has 3 rings (SSSR count). The lowest BCUT2D eigenvalue weighted by Gasteiger charge is -2.18. The fourth-order valence-electron chi connectivity index (χ4n) is 3.38. The van der Waals surface area contributed by atoms with Crippen molar-refractivity contribution >= 4 is 0 Å². The molecule has 0 amide bonds. The predicted molar refractivity (Wildman–Crippen MR) is 69.6 cm³/mol. The minimum atomic E-state index is 0.527. The molecule has 1 aliphatic heterocycles. The highest BCUT2D eigenvalue weighted by Gasteiger charge is 2.24. The Bertz CT molecular complexity index is 408. The summed E-state index contributed by atoms with van der Waals surface area (Å²) in [5.74, 6) is 1.06. The Balaban J connectivity index is 2.05. The first-order chi connectivity index (χ1) is 8.36. The van der Waals surface area contributed by atoms with Crippen LogP contribution in [0.5, 0.6) is 5.75 Å². The molecule has 92 valence electrons. The summed E-state index contributed by atoms with van der Waals surface area (Å²) in [6.45, 7) is 2.12. The first-order valence-corrected chi connectivity index (χ1v) is 6.90. The number of fused-ring (bicyclic) bond motifs is 1. The van der Waals surface area contributed by atoms with E-state index in [2.05, 4.69) is 11.4 Å². The van der Waals surface area contributed by atoms with Gasteiger partial charge in [0.1, 0.15) is 5.75 Å². The average molecular weight is 231 g/mol. The number of benzene rings is 1. The van der Waals surface area contributed by atoms with E-state index in [1.807, 2.05) is 6.07 Å². The Kier molecular flexibility index (Phi) is 3.06. The highest BCUT2D eigenvalue weighted by molar-refractivity contribution is 5.47. The second kappa shape index (κ2) is 4.69. The lowest BCUT2D eigenvalue weighted by atomic mass is 9.87. The summed E-state index contributed by atoms with van der Waals surface area (Å²) in [6, 6.07) is 4.06. The quantitative estimate of drug-likeness (QED) is 0.728. The summed E-state index contributed by atoms with van der Waals surface area (Å²) < 4.78 is 0. The topological polar surface area (TPSA) is 32.3 Å². The summed E-state index contributed by atoms with van der Waals surface area (Å²) >= 11 is 0. The Morgan fingerprint density at radius 1 is 1.12 bits per heavy atom. The van der Waals surface area contributed by atoms with Crippen LogP contribution >= 0.6 is 0 Å². The number of hydrogen-bond acceptors (Lipinski definition) is 2. The number of phenolic OH excluding ortho intramolecular Hbond substituents is 1. The van der Waals surface area contributed by atoms with Crippen molar-refractivity contribution in [2.75, 3.05) is 13.1 Å². The van der Waals surface area contributed by atoms with Gasteiger partial charge in [-0.15, -0.1) is 0 Å². The maximum atomic E-state index is 10.2. The van der Waals surface area contributed by atoms with Crippen LogP contribution in [0.4, 0.5) is 0 Å². The Labute approximate surface area is 103 Å². The van der Waals surface area contributed by atoms with Crippen LogP contribution in [0.1, 0.15) is 48.3 Å². The summed E-state index contributed by atoms with van der Waals surface area (Å²) in [5.41, 5.74) is 4.22. The third kappa shape index (κ3) is 2.06. The van der Waals surface area contributed by atoms with Crippen molar-refractivity contribution in [2.45, 2.75) is 44.4 Å². The molecule has 1 atom stereocenters. The fraction of sp³-hybridized carbons (Fsp3) is 0.600. The monoisotopic (exact) mass is 231 g/mol. The molecule has 2 N–H and O–H groups in total. The molecule has 2 nitrogen and oxygen atoms in total. The Morgan fingerprint density at radius 2 is 2.00 bits per heavy atom. The van der Waals surface area contributed by atoms with E-state index in [9.17, 15) is 5.11 Å². The zero-order valence-electron chi connectivity index (χ0n) is 10.3. The van der Waals surface area contributed by atoms with Gasteiger partial charge >= 0.3 is 0 Å². The van der Waals surface area contributed by atoms with E-state index in [4.69, 9.17) is 0 Å². The third-order valence-corrected chi connectivity index (χ3v) is 4.27. The smallest absolute Gasteiger partial charge is 0.119 e. The van der Waals surface area contributed by atoms with Crippen LogP contribution in [0.3, 0.4) is 0 Å². The summed E-state index contributed by atoms with van der Waals surface area (Å²) in [7, 11) is 0. The van der Waals surface area contributed by atoms with Crippen molar-refractivity contribution in [1.82, 2.24) is 5.32 Å². The zero-order chi connectivity index (χ0) is 11.7. The van der Waals surface area contributed by atoms with Crippen molar-refractivity contribution in [3.8, 4) is 5.75 Å². The number of rotatable bonds is 1. The van der Waals surface area contributed by atoms with Crippen LogP contribution in [0.15, 0.2) is 12.1 Å². The molecule has 1 fully saturated rings. The molecule has 0 radical (unpaired) electrons. The molecule has 1 heterocycles. The second-order valence-electron chi connectivity index (χ2n) is 5.39. The van der Waals surface area contributed by atoms with E-state index >= 15 is 0 Å². The van der Waals surface area contributed by atoms with Gasteiger partial charge in [-0.3, -0.25) is 0 Å². The molecule has 1 unspecified atom stereocenters. The normalized spacial score (nSPS) is 24.4. The number of nitrogens with one attached hydrogen (secondary N) is 1. The molecule has 1 saturated heterocycles. The average Bonchev–Trinajstić information content (AvgIpc) is 2.74. The van der Waals surface area contributed by atoms with Crippen molar-refractivity contribution in [1.29, 1.82) is 0 Å². The molecule has 2 heteroatoms. The molecular weight excluding hydrogens is 210 g/mol. The molecule has 2 aliphatic rings. The molecule has 1 aromatic rings.